The minimum Gasteiger partial charge on any atom is -0.497 e. The molecule has 0 aliphatic carbocycles. The molecule has 124 valence electrons. The van der Waals surface area contributed by atoms with Gasteiger partial charge < -0.3 is 15.0 Å². The third kappa shape index (κ3) is 7.12. The molecule has 0 unspecified atom stereocenters. The van der Waals surface area contributed by atoms with E-state index in [1.807, 2.05) is 24.3 Å². The Balaban J connectivity index is 2.59. The summed E-state index contributed by atoms with van der Waals surface area (Å²) in [6.45, 7) is 6.53. The summed E-state index contributed by atoms with van der Waals surface area (Å²) >= 11 is 5.61. The molecule has 0 bridgehead atoms. The lowest BCUT2D eigenvalue weighted by molar-refractivity contribution is 0.395. The third-order valence-corrected chi connectivity index (χ3v) is 4.03. The first-order chi connectivity index (χ1) is 10.7. The summed E-state index contributed by atoms with van der Waals surface area (Å²) in [4.78, 5) is 2.31. The summed E-state index contributed by atoms with van der Waals surface area (Å²) < 4.78 is 5.26. The molecule has 0 aromatic heterocycles. The van der Waals surface area contributed by atoms with E-state index < -0.39 is 0 Å². The van der Waals surface area contributed by atoms with Crippen LogP contribution in [0.2, 0.25) is 0 Å². The summed E-state index contributed by atoms with van der Waals surface area (Å²) in [7, 11) is 1.68. The van der Waals surface area contributed by atoms with E-state index in [2.05, 4.69) is 24.1 Å². The second-order valence-corrected chi connectivity index (χ2v) is 5.95. The molecule has 22 heavy (non-hydrogen) atoms. The van der Waals surface area contributed by atoms with Crippen molar-refractivity contribution in [3.8, 4) is 5.75 Å². The zero-order valence-electron chi connectivity index (χ0n) is 14.2. The summed E-state index contributed by atoms with van der Waals surface area (Å²) in [5.41, 5.74) is 0.986. The van der Waals surface area contributed by atoms with E-state index in [0.29, 0.717) is 0 Å². The number of hydrogen-bond donors (Lipinski definition) is 1. The van der Waals surface area contributed by atoms with E-state index in [4.69, 9.17) is 17.0 Å². The fourth-order valence-electron chi connectivity index (χ4n) is 2.32. The summed E-state index contributed by atoms with van der Waals surface area (Å²) in [6.07, 6.45) is 7.38. The monoisotopic (exact) mass is 322 g/mol. The molecule has 0 fully saturated rings. The molecule has 0 amide bonds. The highest BCUT2D eigenvalue weighted by atomic mass is 32.1. The van der Waals surface area contributed by atoms with Gasteiger partial charge in [-0.3, -0.25) is 0 Å². The fraction of sp³-hybridized carbons (Fsp3) is 0.611. The molecule has 0 radical (unpaired) electrons. The standard InChI is InChI=1S/C18H30N2OS/c1-4-6-8-13-20(14-9-7-5-2)18(22)19-16-11-10-12-17(15-16)21-3/h10-12,15H,4-9,13-14H2,1-3H3,(H,19,22). The molecule has 0 saturated carbocycles. The molecule has 1 aromatic carbocycles. The Bertz CT molecular complexity index is 427. The van der Waals surface area contributed by atoms with Crippen LogP contribution >= 0.6 is 12.2 Å². The first-order valence-electron chi connectivity index (χ1n) is 8.41. The maximum Gasteiger partial charge on any atom is 0.173 e. The highest BCUT2D eigenvalue weighted by molar-refractivity contribution is 7.80. The van der Waals surface area contributed by atoms with Crippen LogP contribution in [-0.4, -0.2) is 30.2 Å². The first kappa shape index (κ1) is 18.8. The Morgan fingerprint density at radius 1 is 1.09 bits per heavy atom. The molecule has 1 rings (SSSR count). The van der Waals surface area contributed by atoms with Gasteiger partial charge in [0.05, 0.1) is 7.11 Å². The SMILES string of the molecule is CCCCCN(CCCCC)C(=S)Nc1cccc(OC)c1. The number of thiocarbonyl (C=S) groups is 1. The predicted octanol–water partition coefficient (Wildman–Crippen LogP) is 5.07. The van der Waals surface area contributed by atoms with Crippen LogP contribution in [-0.2, 0) is 0 Å². The zero-order valence-corrected chi connectivity index (χ0v) is 15.0. The van der Waals surface area contributed by atoms with Gasteiger partial charge in [0.1, 0.15) is 5.75 Å². The van der Waals surface area contributed by atoms with Gasteiger partial charge in [-0.2, -0.15) is 0 Å². The summed E-state index contributed by atoms with van der Waals surface area (Å²) in [5.74, 6) is 0.844. The van der Waals surface area contributed by atoms with Crippen molar-refractivity contribution < 1.29 is 4.74 Å². The fourth-order valence-corrected chi connectivity index (χ4v) is 2.62. The molecular formula is C18H30N2OS. The molecule has 0 saturated heterocycles. The summed E-state index contributed by atoms with van der Waals surface area (Å²) in [5, 5.41) is 4.17. The van der Waals surface area contributed by atoms with Gasteiger partial charge in [0.2, 0.25) is 0 Å². The summed E-state index contributed by atoms with van der Waals surface area (Å²) in [6, 6.07) is 7.91. The van der Waals surface area contributed by atoms with Gasteiger partial charge in [0, 0.05) is 24.8 Å². The van der Waals surface area contributed by atoms with E-state index in [-0.39, 0.29) is 0 Å². The molecule has 0 aliphatic heterocycles. The molecule has 3 nitrogen and oxygen atoms in total. The van der Waals surface area contributed by atoms with E-state index in [0.717, 1.165) is 29.6 Å². The van der Waals surface area contributed by atoms with Crippen LogP contribution in [0.15, 0.2) is 24.3 Å². The second kappa shape index (κ2) is 11.3. The highest BCUT2D eigenvalue weighted by Crippen LogP contribution is 2.17. The van der Waals surface area contributed by atoms with Crippen molar-refractivity contribution >= 4 is 23.0 Å². The number of rotatable bonds is 10. The molecule has 4 heteroatoms. The molecule has 1 N–H and O–H groups in total. The molecule has 1 aromatic rings. The molecule has 0 aliphatic rings. The lowest BCUT2D eigenvalue weighted by atomic mass is 10.2. The van der Waals surface area contributed by atoms with Crippen LogP contribution in [0.3, 0.4) is 0 Å². The largest absolute Gasteiger partial charge is 0.497 e. The van der Waals surface area contributed by atoms with Crippen LogP contribution in [0.4, 0.5) is 5.69 Å². The van der Waals surface area contributed by atoms with Crippen LogP contribution in [0.1, 0.15) is 52.4 Å². The number of anilines is 1. The van der Waals surface area contributed by atoms with Gasteiger partial charge >= 0.3 is 0 Å². The van der Waals surface area contributed by atoms with Crippen molar-refractivity contribution in [2.75, 3.05) is 25.5 Å². The number of nitrogens with zero attached hydrogens (tertiary/aromatic N) is 1. The Morgan fingerprint density at radius 3 is 2.27 bits per heavy atom. The second-order valence-electron chi connectivity index (χ2n) is 5.56. The Kier molecular flexibility index (Phi) is 9.64. The van der Waals surface area contributed by atoms with Crippen molar-refractivity contribution in [2.45, 2.75) is 52.4 Å². The van der Waals surface area contributed by atoms with Crippen LogP contribution in [0.25, 0.3) is 0 Å². The number of nitrogens with one attached hydrogen (secondary N) is 1. The first-order valence-corrected chi connectivity index (χ1v) is 8.82. The smallest absolute Gasteiger partial charge is 0.173 e. The zero-order chi connectivity index (χ0) is 16.2. The predicted molar refractivity (Wildman–Crippen MR) is 99.8 cm³/mol. The average molecular weight is 323 g/mol. The van der Waals surface area contributed by atoms with Gasteiger partial charge in [-0.25, -0.2) is 0 Å². The molecule has 0 spiro atoms. The lowest BCUT2D eigenvalue weighted by Crippen LogP contribution is -2.36. The van der Waals surface area contributed by atoms with Crippen LogP contribution < -0.4 is 10.1 Å². The van der Waals surface area contributed by atoms with Gasteiger partial charge in [-0.05, 0) is 37.2 Å². The third-order valence-electron chi connectivity index (χ3n) is 3.67. The normalized spacial score (nSPS) is 10.3. The van der Waals surface area contributed by atoms with Crippen LogP contribution in [0.5, 0.6) is 5.75 Å². The minimum atomic E-state index is 0.820. The van der Waals surface area contributed by atoms with E-state index in [1.54, 1.807) is 7.11 Å². The number of ether oxygens (including phenoxy) is 1. The quantitative estimate of drug-likeness (QED) is 0.480. The minimum absolute atomic E-state index is 0.820. The van der Waals surface area contributed by atoms with Crippen molar-refractivity contribution in [1.29, 1.82) is 0 Å². The molecule has 0 atom stereocenters. The number of benzene rings is 1. The van der Waals surface area contributed by atoms with Crippen molar-refractivity contribution in [1.82, 2.24) is 4.90 Å². The van der Waals surface area contributed by atoms with Gasteiger partial charge in [0.15, 0.2) is 5.11 Å². The van der Waals surface area contributed by atoms with Crippen molar-refractivity contribution in [3.05, 3.63) is 24.3 Å². The lowest BCUT2D eigenvalue weighted by Gasteiger charge is -2.26. The Morgan fingerprint density at radius 2 is 1.73 bits per heavy atom. The Labute approximate surface area is 141 Å². The maximum absolute atomic E-state index is 5.61. The molecular weight excluding hydrogens is 292 g/mol. The number of hydrogen-bond acceptors (Lipinski definition) is 2. The Hall–Kier alpha value is -1.29. The van der Waals surface area contributed by atoms with Crippen LogP contribution in [0, 0.1) is 0 Å². The topological polar surface area (TPSA) is 24.5 Å². The van der Waals surface area contributed by atoms with E-state index >= 15 is 0 Å². The van der Waals surface area contributed by atoms with Gasteiger partial charge in [-0.1, -0.05) is 45.6 Å². The van der Waals surface area contributed by atoms with E-state index in [1.165, 1.54) is 38.5 Å². The number of methoxy groups -OCH3 is 1. The number of unbranched alkanes of at least 4 members (excludes halogenated alkanes) is 4. The van der Waals surface area contributed by atoms with Crippen molar-refractivity contribution in [2.24, 2.45) is 0 Å². The van der Waals surface area contributed by atoms with Gasteiger partial charge in [0.25, 0.3) is 0 Å². The molecule has 0 heterocycles. The average Bonchev–Trinajstić information content (AvgIpc) is 2.53. The van der Waals surface area contributed by atoms with E-state index in [9.17, 15) is 0 Å². The van der Waals surface area contributed by atoms with Gasteiger partial charge in [-0.15, -0.1) is 0 Å². The maximum atomic E-state index is 5.61. The van der Waals surface area contributed by atoms with Crippen molar-refractivity contribution in [3.63, 3.8) is 0 Å². The highest BCUT2D eigenvalue weighted by Gasteiger charge is 2.09.